The second kappa shape index (κ2) is 6.17. The third kappa shape index (κ3) is 4.31. The summed E-state index contributed by atoms with van der Waals surface area (Å²) in [5.74, 6) is 0.307. The Balaban J connectivity index is 1.88. The molecule has 1 atom stereocenters. The van der Waals surface area contributed by atoms with Crippen molar-refractivity contribution in [3.63, 3.8) is 0 Å². The van der Waals surface area contributed by atoms with E-state index in [2.05, 4.69) is 4.98 Å². The Morgan fingerprint density at radius 2 is 2.18 bits per heavy atom. The van der Waals surface area contributed by atoms with Gasteiger partial charge in [0.05, 0.1) is 11.5 Å². The van der Waals surface area contributed by atoms with Crippen LogP contribution in [-0.2, 0) is 4.74 Å². The molecule has 2 heterocycles. The van der Waals surface area contributed by atoms with Crippen molar-refractivity contribution in [2.24, 2.45) is 0 Å². The van der Waals surface area contributed by atoms with Gasteiger partial charge in [0.25, 0.3) is 5.69 Å². The average Bonchev–Trinajstić information content (AvgIpc) is 2.86. The lowest BCUT2D eigenvalue weighted by atomic mass is 10.2. The van der Waals surface area contributed by atoms with Crippen molar-refractivity contribution in [1.29, 1.82) is 0 Å². The summed E-state index contributed by atoms with van der Waals surface area (Å²) in [5, 5.41) is 10.6. The molecule has 22 heavy (non-hydrogen) atoms. The molecule has 2 rings (SSSR count). The summed E-state index contributed by atoms with van der Waals surface area (Å²) < 4.78 is 10.9. The molecule has 0 radical (unpaired) electrons. The number of aromatic nitrogens is 1. The van der Waals surface area contributed by atoms with Gasteiger partial charge in [0.15, 0.2) is 0 Å². The van der Waals surface area contributed by atoms with Crippen molar-refractivity contribution in [3.05, 3.63) is 28.4 Å². The number of nitro groups is 1. The first-order valence-corrected chi connectivity index (χ1v) is 6.99. The minimum Gasteiger partial charge on any atom is -0.472 e. The molecule has 1 saturated heterocycles. The van der Waals surface area contributed by atoms with Gasteiger partial charge in [-0.1, -0.05) is 0 Å². The first-order chi connectivity index (χ1) is 10.2. The van der Waals surface area contributed by atoms with E-state index in [0.29, 0.717) is 25.4 Å². The molecule has 0 unspecified atom stereocenters. The predicted octanol–water partition coefficient (Wildman–Crippen LogP) is 2.38. The van der Waals surface area contributed by atoms with Crippen LogP contribution < -0.4 is 4.74 Å². The van der Waals surface area contributed by atoms with Crippen LogP contribution in [0.25, 0.3) is 0 Å². The van der Waals surface area contributed by atoms with Crippen LogP contribution in [0.4, 0.5) is 10.5 Å². The Morgan fingerprint density at radius 3 is 2.73 bits per heavy atom. The van der Waals surface area contributed by atoms with Gasteiger partial charge in [-0.2, -0.15) is 0 Å². The van der Waals surface area contributed by atoms with Crippen LogP contribution in [0.2, 0.25) is 0 Å². The fraction of sp³-hybridized carbons (Fsp3) is 0.571. The molecule has 1 aromatic rings. The summed E-state index contributed by atoms with van der Waals surface area (Å²) >= 11 is 0. The molecule has 8 heteroatoms. The van der Waals surface area contributed by atoms with Gasteiger partial charge in [-0.3, -0.25) is 10.1 Å². The second-order valence-electron chi connectivity index (χ2n) is 6.07. The van der Waals surface area contributed by atoms with Crippen LogP contribution >= 0.6 is 0 Å². The van der Waals surface area contributed by atoms with Gasteiger partial charge in [-0.05, 0) is 20.8 Å². The lowest BCUT2D eigenvalue weighted by Gasteiger charge is -2.24. The van der Waals surface area contributed by atoms with Crippen molar-refractivity contribution < 1.29 is 19.2 Å². The second-order valence-corrected chi connectivity index (χ2v) is 6.07. The molecule has 8 nitrogen and oxygen atoms in total. The highest BCUT2D eigenvalue weighted by atomic mass is 16.6. The van der Waals surface area contributed by atoms with E-state index in [1.165, 1.54) is 12.1 Å². The monoisotopic (exact) mass is 309 g/mol. The van der Waals surface area contributed by atoms with Gasteiger partial charge < -0.3 is 14.4 Å². The van der Waals surface area contributed by atoms with Crippen molar-refractivity contribution in [2.45, 2.75) is 38.9 Å². The van der Waals surface area contributed by atoms with Crippen LogP contribution in [0.5, 0.6) is 5.88 Å². The van der Waals surface area contributed by atoms with Crippen molar-refractivity contribution in [2.75, 3.05) is 13.1 Å². The first kappa shape index (κ1) is 16.0. The van der Waals surface area contributed by atoms with Gasteiger partial charge in [-0.15, -0.1) is 0 Å². The highest BCUT2D eigenvalue weighted by Gasteiger charge is 2.31. The molecule has 1 aliphatic heterocycles. The van der Waals surface area contributed by atoms with Crippen molar-refractivity contribution >= 4 is 11.8 Å². The van der Waals surface area contributed by atoms with Gasteiger partial charge in [0, 0.05) is 25.1 Å². The smallest absolute Gasteiger partial charge is 0.410 e. The topological polar surface area (TPSA) is 94.8 Å². The highest BCUT2D eigenvalue weighted by molar-refractivity contribution is 5.68. The van der Waals surface area contributed by atoms with Crippen molar-refractivity contribution in [1.82, 2.24) is 9.88 Å². The predicted molar refractivity (Wildman–Crippen MR) is 77.7 cm³/mol. The first-order valence-electron chi connectivity index (χ1n) is 6.99. The summed E-state index contributed by atoms with van der Waals surface area (Å²) in [5.41, 5.74) is -0.621. The minimum absolute atomic E-state index is 0.0887. The van der Waals surface area contributed by atoms with E-state index in [-0.39, 0.29) is 17.9 Å². The molecule has 1 aromatic heterocycles. The number of hydrogen-bond donors (Lipinski definition) is 0. The number of pyridine rings is 1. The summed E-state index contributed by atoms with van der Waals surface area (Å²) in [6.45, 7) is 6.40. The summed E-state index contributed by atoms with van der Waals surface area (Å²) in [6.07, 6.45) is 1.25. The van der Waals surface area contributed by atoms with E-state index in [1.807, 2.05) is 20.8 Å². The number of carbonyl (C=O) groups is 1. The minimum atomic E-state index is -0.532. The van der Waals surface area contributed by atoms with Gasteiger partial charge in [-0.25, -0.2) is 9.78 Å². The van der Waals surface area contributed by atoms with Crippen LogP contribution in [0.3, 0.4) is 0 Å². The van der Waals surface area contributed by atoms with E-state index in [1.54, 1.807) is 4.90 Å². The standard InChI is InChI=1S/C14H19N3O5/c1-14(2,3)22-13(18)16-7-6-11(9-16)21-12-5-4-10(8-15-12)17(19)20/h4-5,8,11H,6-7,9H2,1-3H3/t11-/m1/s1. The molecule has 0 N–H and O–H groups in total. The lowest BCUT2D eigenvalue weighted by Crippen LogP contribution is -2.36. The molecule has 0 aliphatic carbocycles. The number of hydrogen-bond acceptors (Lipinski definition) is 6. The molecule has 1 fully saturated rings. The maximum absolute atomic E-state index is 11.9. The third-order valence-electron chi connectivity index (χ3n) is 3.02. The average molecular weight is 309 g/mol. The molecule has 0 aromatic carbocycles. The molecular formula is C14H19N3O5. The van der Waals surface area contributed by atoms with Crippen LogP contribution in [0, 0.1) is 10.1 Å². The van der Waals surface area contributed by atoms with E-state index in [0.717, 1.165) is 6.20 Å². The van der Waals surface area contributed by atoms with Crippen LogP contribution in [-0.4, -0.2) is 45.7 Å². The van der Waals surface area contributed by atoms with Crippen molar-refractivity contribution in [3.8, 4) is 5.88 Å². The molecule has 0 saturated carbocycles. The van der Waals surface area contributed by atoms with Crippen LogP contribution in [0.1, 0.15) is 27.2 Å². The molecule has 1 amide bonds. The number of carbonyl (C=O) groups excluding carboxylic acids is 1. The molecule has 1 aliphatic rings. The lowest BCUT2D eigenvalue weighted by molar-refractivity contribution is -0.385. The van der Waals surface area contributed by atoms with Gasteiger partial charge in [0.1, 0.15) is 17.9 Å². The molecule has 120 valence electrons. The zero-order valence-electron chi connectivity index (χ0n) is 12.8. The van der Waals surface area contributed by atoms with E-state index < -0.39 is 10.5 Å². The van der Waals surface area contributed by atoms with Gasteiger partial charge >= 0.3 is 6.09 Å². The summed E-state index contributed by atoms with van der Waals surface area (Å²) in [6, 6.07) is 2.79. The number of rotatable bonds is 3. The molecule has 0 bridgehead atoms. The Hall–Kier alpha value is -2.38. The zero-order valence-corrected chi connectivity index (χ0v) is 12.8. The maximum Gasteiger partial charge on any atom is 0.410 e. The van der Waals surface area contributed by atoms with Gasteiger partial charge in [0.2, 0.25) is 5.88 Å². The Labute approximate surface area is 128 Å². The highest BCUT2D eigenvalue weighted by Crippen LogP contribution is 2.20. The van der Waals surface area contributed by atoms with E-state index >= 15 is 0 Å². The summed E-state index contributed by atoms with van der Waals surface area (Å²) in [7, 11) is 0. The summed E-state index contributed by atoms with van der Waals surface area (Å²) in [4.78, 5) is 27.5. The third-order valence-corrected chi connectivity index (χ3v) is 3.02. The Morgan fingerprint density at radius 1 is 1.45 bits per heavy atom. The molecule has 0 spiro atoms. The normalized spacial score (nSPS) is 18.1. The zero-order chi connectivity index (χ0) is 16.3. The SMILES string of the molecule is CC(C)(C)OC(=O)N1CC[C@@H](Oc2ccc([N+](=O)[O-])cn2)C1. The van der Waals surface area contributed by atoms with E-state index in [4.69, 9.17) is 9.47 Å². The van der Waals surface area contributed by atoms with E-state index in [9.17, 15) is 14.9 Å². The number of ether oxygens (including phenoxy) is 2. The number of amides is 1. The number of likely N-dealkylation sites (tertiary alicyclic amines) is 1. The number of nitrogens with zero attached hydrogens (tertiary/aromatic N) is 3. The largest absolute Gasteiger partial charge is 0.472 e. The fourth-order valence-corrected chi connectivity index (χ4v) is 2.04. The van der Waals surface area contributed by atoms with Crippen LogP contribution in [0.15, 0.2) is 18.3 Å². The maximum atomic E-state index is 11.9. The molecular weight excluding hydrogens is 290 g/mol. The quantitative estimate of drug-likeness (QED) is 0.628. The Bertz CT molecular complexity index is 553. The fourth-order valence-electron chi connectivity index (χ4n) is 2.04. The Kier molecular flexibility index (Phi) is 4.48.